The number of halogens is 2. The molecule has 2 aromatic rings. The van der Waals surface area contributed by atoms with Crippen molar-refractivity contribution in [2.24, 2.45) is 0 Å². The van der Waals surface area contributed by atoms with Gasteiger partial charge in [-0.05, 0) is 48.2 Å². The van der Waals surface area contributed by atoms with E-state index in [4.69, 9.17) is 11.6 Å². The van der Waals surface area contributed by atoms with Crippen molar-refractivity contribution in [3.05, 3.63) is 70.5 Å². The highest BCUT2D eigenvalue weighted by atomic mass is 35.5. The summed E-state index contributed by atoms with van der Waals surface area (Å²) in [6, 6.07) is 14.9. The molecule has 1 fully saturated rings. The summed E-state index contributed by atoms with van der Waals surface area (Å²) in [5, 5.41) is 4.21. The number of hydrogen-bond acceptors (Lipinski definition) is 1. The van der Waals surface area contributed by atoms with Crippen LogP contribution in [0.25, 0.3) is 0 Å². The molecule has 0 aromatic heterocycles. The Morgan fingerprint density at radius 3 is 2.70 bits per heavy atom. The Morgan fingerprint density at radius 1 is 1.05 bits per heavy atom. The van der Waals surface area contributed by atoms with Crippen molar-refractivity contribution in [1.29, 1.82) is 0 Å². The maximum atomic E-state index is 13.5. The van der Waals surface area contributed by atoms with Crippen molar-refractivity contribution >= 4 is 11.6 Å². The van der Waals surface area contributed by atoms with Crippen LogP contribution in [0.5, 0.6) is 0 Å². The largest absolute Gasteiger partial charge is 0.316 e. The minimum atomic E-state index is -0.175. The first-order valence-electron chi connectivity index (χ1n) is 6.96. The molecule has 3 heteroatoms. The van der Waals surface area contributed by atoms with Gasteiger partial charge in [0, 0.05) is 17.5 Å². The number of nitrogens with one attached hydrogen (secondary N) is 1. The zero-order valence-corrected chi connectivity index (χ0v) is 11.9. The van der Waals surface area contributed by atoms with Crippen LogP contribution in [0.15, 0.2) is 48.5 Å². The average Bonchev–Trinajstić information content (AvgIpc) is 2.48. The predicted octanol–water partition coefficient (Wildman–Crippen LogP) is 4.34. The van der Waals surface area contributed by atoms with Gasteiger partial charge >= 0.3 is 0 Å². The monoisotopic (exact) mass is 289 g/mol. The Morgan fingerprint density at radius 2 is 1.90 bits per heavy atom. The second kappa shape index (κ2) is 5.94. The normalized spacial score (nSPS) is 22.7. The topological polar surface area (TPSA) is 12.0 Å². The molecule has 0 amide bonds. The molecule has 0 radical (unpaired) electrons. The van der Waals surface area contributed by atoms with Gasteiger partial charge in [-0.25, -0.2) is 4.39 Å². The van der Waals surface area contributed by atoms with Crippen LogP contribution in [-0.4, -0.2) is 13.1 Å². The average molecular weight is 290 g/mol. The third-order valence-electron chi connectivity index (χ3n) is 4.06. The maximum absolute atomic E-state index is 13.5. The molecule has 0 saturated carbocycles. The summed E-state index contributed by atoms with van der Waals surface area (Å²) in [6.45, 7) is 1.83. The quantitative estimate of drug-likeness (QED) is 0.867. The van der Waals surface area contributed by atoms with Crippen molar-refractivity contribution in [3.63, 3.8) is 0 Å². The fraction of sp³-hybridized carbons (Fsp3) is 0.294. The van der Waals surface area contributed by atoms with Gasteiger partial charge < -0.3 is 5.32 Å². The second-order valence-corrected chi connectivity index (χ2v) is 5.69. The van der Waals surface area contributed by atoms with E-state index in [1.54, 1.807) is 12.1 Å². The third kappa shape index (κ3) is 2.72. The van der Waals surface area contributed by atoms with Gasteiger partial charge in [-0.3, -0.25) is 0 Å². The fourth-order valence-electron chi connectivity index (χ4n) is 3.09. The Balaban J connectivity index is 1.98. The van der Waals surface area contributed by atoms with E-state index in [2.05, 4.69) is 11.4 Å². The molecule has 2 aromatic carbocycles. The first kappa shape index (κ1) is 13.6. The molecule has 1 heterocycles. The van der Waals surface area contributed by atoms with Gasteiger partial charge in [-0.2, -0.15) is 0 Å². The number of piperidine rings is 1. The highest BCUT2D eigenvalue weighted by Gasteiger charge is 2.29. The second-order valence-electron chi connectivity index (χ2n) is 5.28. The van der Waals surface area contributed by atoms with Crippen molar-refractivity contribution in [2.75, 3.05) is 13.1 Å². The van der Waals surface area contributed by atoms with E-state index < -0.39 is 0 Å². The van der Waals surface area contributed by atoms with Crippen LogP contribution in [0.1, 0.15) is 29.4 Å². The van der Waals surface area contributed by atoms with Crippen LogP contribution in [0.2, 0.25) is 5.02 Å². The minimum absolute atomic E-state index is 0.175. The molecule has 0 spiro atoms. The Hall–Kier alpha value is -1.38. The number of benzene rings is 2. The summed E-state index contributed by atoms with van der Waals surface area (Å²) in [5.41, 5.74) is 2.21. The molecule has 1 aliphatic heterocycles. The standard InChI is InChI=1S/C17H17ClFN/c18-17-7-2-1-6-15(17)14-8-9-20-11-16(14)12-4-3-5-13(19)10-12/h1-7,10,14,16,20H,8-9,11H2. The summed E-state index contributed by atoms with van der Waals surface area (Å²) in [4.78, 5) is 0. The third-order valence-corrected chi connectivity index (χ3v) is 4.41. The molecule has 0 aliphatic carbocycles. The van der Waals surface area contributed by atoms with Crippen LogP contribution >= 0.6 is 11.6 Å². The molecule has 2 atom stereocenters. The van der Waals surface area contributed by atoms with E-state index in [-0.39, 0.29) is 11.7 Å². The summed E-state index contributed by atoms with van der Waals surface area (Å²) in [7, 11) is 0. The minimum Gasteiger partial charge on any atom is -0.316 e. The lowest BCUT2D eigenvalue weighted by atomic mass is 9.77. The van der Waals surface area contributed by atoms with Crippen molar-refractivity contribution in [3.8, 4) is 0 Å². The van der Waals surface area contributed by atoms with E-state index in [0.717, 1.165) is 30.1 Å². The zero-order valence-electron chi connectivity index (χ0n) is 11.2. The van der Waals surface area contributed by atoms with E-state index in [1.165, 1.54) is 11.6 Å². The summed E-state index contributed by atoms with van der Waals surface area (Å²) in [6.07, 6.45) is 1.02. The molecule has 0 bridgehead atoms. The lowest BCUT2D eigenvalue weighted by molar-refractivity contribution is 0.403. The molecule has 3 rings (SSSR count). The van der Waals surface area contributed by atoms with E-state index in [9.17, 15) is 4.39 Å². The highest BCUT2D eigenvalue weighted by Crippen LogP contribution is 2.40. The van der Waals surface area contributed by atoms with Gasteiger partial charge in [0.15, 0.2) is 0 Å². The van der Waals surface area contributed by atoms with Gasteiger partial charge in [-0.15, -0.1) is 0 Å². The molecule has 20 heavy (non-hydrogen) atoms. The number of rotatable bonds is 2. The first-order valence-corrected chi connectivity index (χ1v) is 7.34. The van der Waals surface area contributed by atoms with Crippen LogP contribution < -0.4 is 5.32 Å². The van der Waals surface area contributed by atoms with Crippen LogP contribution in [0, 0.1) is 5.82 Å². The van der Waals surface area contributed by atoms with E-state index in [0.29, 0.717) is 5.92 Å². The molecule has 1 aliphatic rings. The molecular weight excluding hydrogens is 273 g/mol. The van der Waals surface area contributed by atoms with Crippen LogP contribution in [0.4, 0.5) is 4.39 Å². The molecule has 104 valence electrons. The zero-order chi connectivity index (χ0) is 13.9. The maximum Gasteiger partial charge on any atom is 0.123 e. The molecule has 1 N–H and O–H groups in total. The van der Waals surface area contributed by atoms with Crippen molar-refractivity contribution < 1.29 is 4.39 Å². The Labute approximate surface area is 123 Å². The highest BCUT2D eigenvalue weighted by molar-refractivity contribution is 6.31. The Bertz CT molecular complexity index is 599. The predicted molar refractivity (Wildman–Crippen MR) is 80.8 cm³/mol. The number of hydrogen-bond donors (Lipinski definition) is 1. The lowest BCUT2D eigenvalue weighted by Crippen LogP contribution is -2.34. The first-order chi connectivity index (χ1) is 9.75. The van der Waals surface area contributed by atoms with E-state index in [1.807, 2.05) is 24.3 Å². The summed E-state index contributed by atoms with van der Waals surface area (Å²) < 4.78 is 13.5. The molecular formula is C17H17ClFN. The lowest BCUT2D eigenvalue weighted by Gasteiger charge is -2.33. The fourth-order valence-corrected chi connectivity index (χ4v) is 3.37. The smallest absolute Gasteiger partial charge is 0.123 e. The van der Waals surface area contributed by atoms with Gasteiger partial charge in [0.1, 0.15) is 5.82 Å². The van der Waals surface area contributed by atoms with Crippen molar-refractivity contribution in [2.45, 2.75) is 18.3 Å². The molecule has 1 saturated heterocycles. The van der Waals surface area contributed by atoms with Gasteiger partial charge in [0.2, 0.25) is 0 Å². The van der Waals surface area contributed by atoms with Crippen molar-refractivity contribution in [1.82, 2.24) is 5.32 Å². The van der Waals surface area contributed by atoms with E-state index >= 15 is 0 Å². The van der Waals surface area contributed by atoms with Gasteiger partial charge in [0.25, 0.3) is 0 Å². The van der Waals surface area contributed by atoms with Gasteiger partial charge in [0.05, 0.1) is 0 Å². The summed E-state index contributed by atoms with van der Waals surface area (Å²) >= 11 is 6.35. The van der Waals surface area contributed by atoms with Gasteiger partial charge in [-0.1, -0.05) is 41.9 Å². The van der Waals surface area contributed by atoms with Crippen LogP contribution in [0.3, 0.4) is 0 Å². The van der Waals surface area contributed by atoms with Crippen LogP contribution in [-0.2, 0) is 0 Å². The summed E-state index contributed by atoms with van der Waals surface area (Å²) in [5.74, 6) is 0.428. The molecule has 2 unspecified atom stereocenters. The SMILES string of the molecule is Fc1cccc(C2CNCCC2c2ccccc2Cl)c1. The molecule has 1 nitrogen and oxygen atoms in total. The Kier molecular flexibility index (Phi) is 4.04.